The molecule has 1 amide bonds. The quantitative estimate of drug-likeness (QED) is 0.706. The standard InChI is InChI=1S/C12H24N2O/c1-4-14-9-5-6-11(10-14)7-8-12(15)13(2)3/h11H,4-10H2,1-3H3. The highest BCUT2D eigenvalue weighted by Crippen LogP contribution is 2.20. The highest BCUT2D eigenvalue weighted by molar-refractivity contribution is 5.75. The molecule has 0 N–H and O–H groups in total. The van der Waals surface area contributed by atoms with Gasteiger partial charge in [0.15, 0.2) is 0 Å². The van der Waals surface area contributed by atoms with Gasteiger partial charge < -0.3 is 9.80 Å². The van der Waals surface area contributed by atoms with Crippen molar-refractivity contribution in [3.8, 4) is 0 Å². The van der Waals surface area contributed by atoms with Crippen LogP contribution in [0.4, 0.5) is 0 Å². The molecule has 0 aliphatic carbocycles. The molecule has 0 radical (unpaired) electrons. The summed E-state index contributed by atoms with van der Waals surface area (Å²) in [5, 5.41) is 0. The van der Waals surface area contributed by atoms with E-state index in [1.165, 1.54) is 25.9 Å². The molecule has 0 spiro atoms. The Hall–Kier alpha value is -0.570. The molecule has 3 heteroatoms. The van der Waals surface area contributed by atoms with E-state index in [0.29, 0.717) is 0 Å². The topological polar surface area (TPSA) is 23.6 Å². The van der Waals surface area contributed by atoms with E-state index in [1.807, 2.05) is 14.1 Å². The molecule has 1 saturated heterocycles. The summed E-state index contributed by atoms with van der Waals surface area (Å²) in [6, 6.07) is 0. The highest BCUT2D eigenvalue weighted by atomic mass is 16.2. The number of carbonyl (C=O) groups is 1. The van der Waals surface area contributed by atoms with Crippen LogP contribution in [-0.4, -0.2) is 49.4 Å². The van der Waals surface area contributed by atoms with Gasteiger partial charge in [0.25, 0.3) is 0 Å². The van der Waals surface area contributed by atoms with E-state index in [0.717, 1.165) is 25.3 Å². The van der Waals surface area contributed by atoms with Crippen molar-refractivity contribution in [3.63, 3.8) is 0 Å². The summed E-state index contributed by atoms with van der Waals surface area (Å²) >= 11 is 0. The molecule has 1 rings (SSSR count). The summed E-state index contributed by atoms with van der Waals surface area (Å²) in [4.78, 5) is 15.6. The van der Waals surface area contributed by atoms with Crippen LogP contribution in [0.25, 0.3) is 0 Å². The van der Waals surface area contributed by atoms with Gasteiger partial charge in [-0.15, -0.1) is 0 Å². The van der Waals surface area contributed by atoms with Crippen LogP contribution in [0.15, 0.2) is 0 Å². The first kappa shape index (κ1) is 12.5. The van der Waals surface area contributed by atoms with Gasteiger partial charge in [0.05, 0.1) is 0 Å². The van der Waals surface area contributed by atoms with E-state index in [4.69, 9.17) is 0 Å². The Morgan fingerprint density at radius 2 is 2.20 bits per heavy atom. The van der Waals surface area contributed by atoms with Crippen LogP contribution in [0, 0.1) is 5.92 Å². The molecule has 0 aromatic heterocycles. The molecule has 1 aliphatic rings. The lowest BCUT2D eigenvalue weighted by Crippen LogP contribution is -2.35. The summed E-state index contributed by atoms with van der Waals surface area (Å²) in [7, 11) is 3.67. The predicted molar refractivity (Wildman–Crippen MR) is 62.8 cm³/mol. The number of likely N-dealkylation sites (tertiary alicyclic amines) is 1. The second-order valence-electron chi connectivity index (χ2n) is 4.73. The van der Waals surface area contributed by atoms with Crippen LogP contribution in [0.3, 0.4) is 0 Å². The molecule has 3 nitrogen and oxygen atoms in total. The van der Waals surface area contributed by atoms with Gasteiger partial charge in [-0.05, 0) is 38.3 Å². The van der Waals surface area contributed by atoms with Gasteiger partial charge in [-0.25, -0.2) is 0 Å². The fourth-order valence-electron chi connectivity index (χ4n) is 2.23. The van der Waals surface area contributed by atoms with E-state index in [1.54, 1.807) is 4.90 Å². The van der Waals surface area contributed by atoms with Crippen molar-refractivity contribution in [1.29, 1.82) is 0 Å². The lowest BCUT2D eigenvalue weighted by Gasteiger charge is -2.31. The van der Waals surface area contributed by atoms with Crippen molar-refractivity contribution in [1.82, 2.24) is 9.80 Å². The Labute approximate surface area is 93.4 Å². The zero-order chi connectivity index (χ0) is 11.3. The average molecular weight is 212 g/mol. The Kier molecular flexibility index (Phi) is 5.09. The minimum atomic E-state index is 0.267. The van der Waals surface area contributed by atoms with Crippen molar-refractivity contribution < 1.29 is 4.79 Å². The number of piperidine rings is 1. The molecule has 0 saturated carbocycles. The zero-order valence-electron chi connectivity index (χ0n) is 10.3. The van der Waals surface area contributed by atoms with E-state index in [9.17, 15) is 4.79 Å². The van der Waals surface area contributed by atoms with Crippen LogP contribution in [0.5, 0.6) is 0 Å². The maximum Gasteiger partial charge on any atom is 0.222 e. The fourth-order valence-corrected chi connectivity index (χ4v) is 2.23. The van der Waals surface area contributed by atoms with Crippen molar-refractivity contribution >= 4 is 5.91 Å². The van der Waals surface area contributed by atoms with E-state index in [2.05, 4.69) is 11.8 Å². The van der Waals surface area contributed by atoms with Crippen LogP contribution in [-0.2, 0) is 4.79 Å². The third-order valence-corrected chi connectivity index (χ3v) is 3.32. The maximum absolute atomic E-state index is 11.4. The van der Waals surface area contributed by atoms with E-state index in [-0.39, 0.29) is 5.91 Å². The summed E-state index contributed by atoms with van der Waals surface area (Å²) in [5.41, 5.74) is 0. The van der Waals surface area contributed by atoms with Crippen molar-refractivity contribution in [2.75, 3.05) is 33.7 Å². The Balaban J connectivity index is 2.23. The SMILES string of the molecule is CCN1CCCC(CCC(=O)N(C)C)C1. The number of rotatable bonds is 4. The molecular formula is C12H24N2O. The first-order valence-electron chi connectivity index (χ1n) is 6.06. The predicted octanol–water partition coefficient (Wildman–Crippen LogP) is 1.59. The lowest BCUT2D eigenvalue weighted by molar-refractivity contribution is -0.129. The highest BCUT2D eigenvalue weighted by Gasteiger charge is 2.19. The zero-order valence-corrected chi connectivity index (χ0v) is 10.3. The molecule has 15 heavy (non-hydrogen) atoms. The monoisotopic (exact) mass is 212 g/mol. The number of amides is 1. The molecule has 1 aliphatic heterocycles. The minimum Gasteiger partial charge on any atom is -0.349 e. The van der Waals surface area contributed by atoms with E-state index < -0.39 is 0 Å². The number of hydrogen-bond acceptors (Lipinski definition) is 2. The van der Waals surface area contributed by atoms with Crippen LogP contribution in [0.1, 0.15) is 32.6 Å². The van der Waals surface area contributed by atoms with Gasteiger partial charge in [-0.1, -0.05) is 6.92 Å². The lowest BCUT2D eigenvalue weighted by atomic mass is 9.93. The van der Waals surface area contributed by atoms with E-state index >= 15 is 0 Å². The molecule has 0 aromatic carbocycles. The van der Waals surface area contributed by atoms with Crippen molar-refractivity contribution in [2.24, 2.45) is 5.92 Å². The summed E-state index contributed by atoms with van der Waals surface area (Å²) in [6.45, 7) is 5.80. The molecule has 0 bridgehead atoms. The second kappa shape index (κ2) is 6.11. The van der Waals surface area contributed by atoms with Gasteiger partial charge in [-0.3, -0.25) is 4.79 Å². The maximum atomic E-state index is 11.4. The first-order valence-corrected chi connectivity index (χ1v) is 6.06. The van der Waals surface area contributed by atoms with Gasteiger partial charge in [0, 0.05) is 27.1 Å². The molecular weight excluding hydrogens is 188 g/mol. The van der Waals surface area contributed by atoms with Gasteiger partial charge in [0.1, 0.15) is 0 Å². The molecule has 0 aromatic rings. The van der Waals surface area contributed by atoms with Crippen molar-refractivity contribution in [3.05, 3.63) is 0 Å². The largest absolute Gasteiger partial charge is 0.349 e. The Morgan fingerprint density at radius 3 is 2.80 bits per heavy atom. The summed E-state index contributed by atoms with van der Waals surface area (Å²) in [6.07, 6.45) is 4.38. The van der Waals surface area contributed by atoms with Crippen LogP contribution >= 0.6 is 0 Å². The Bertz CT molecular complexity index is 204. The number of carbonyl (C=O) groups excluding carboxylic acids is 1. The minimum absolute atomic E-state index is 0.267. The van der Waals surface area contributed by atoms with Gasteiger partial charge >= 0.3 is 0 Å². The second-order valence-corrected chi connectivity index (χ2v) is 4.73. The first-order chi connectivity index (χ1) is 7.13. The van der Waals surface area contributed by atoms with Gasteiger partial charge in [0.2, 0.25) is 5.91 Å². The summed E-state index contributed by atoms with van der Waals surface area (Å²) in [5.74, 6) is 1.01. The molecule has 1 heterocycles. The fraction of sp³-hybridized carbons (Fsp3) is 0.917. The normalized spacial score (nSPS) is 22.7. The third kappa shape index (κ3) is 4.20. The molecule has 1 fully saturated rings. The summed E-state index contributed by atoms with van der Waals surface area (Å²) < 4.78 is 0. The van der Waals surface area contributed by atoms with Crippen molar-refractivity contribution in [2.45, 2.75) is 32.6 Å². The molecule has 1 unspecified atom stereocenters. The van der Waals surface area contributed by atoms with Crippen LogP contribution in [0.2, 0.25) is 0 Å². The smallest absolute Gasteiger partial charge is 0.222 e. The average Bonchev–Trinajstić information content (AvgIpc) is 2.26. The van der Waals surface area contributed by atoms with Gasteiger partial charge in [-0.2, -0.15) is 0 Å². The van der Waals surface area contributed by atoms with Crippen LogP contribution < -0.4 is 0 Å². The molecule has 88 valence electrons. The Morgan fingerprint density at radius 1 is 1.47 bits per heavy atom. The molecule has 1 atom stereocenters. The number of hydrogen-bond donors (Lipinski definition) is 0. The number of nitrogens with zero attached hydrogens (tertiary/aromatic N) is 2. The third-order valence-electron chi connectivity index (χ3n) is 3.32.